The summed E-state index contributed by atoms with van der Waals surface area (Å²) >= 11 is 0. The molecule has 0 aliphatic carbocycles. The molecule has 1 aromatic heterocycles. The van der Waals surface area contributed by atoms with Gasteiger partial charge in [-0.25, -0.2) is 8.42 Å². The molecular formula is C16H23N5O2S. The van der Waals surface area contributed by atoms with Crippen LogP contribution in [0.2, 0.25) is 0 Å². The normalized spacial score (nSPS) is 19.4. The fraction of sp³-hybridized carbons (Fsp3) is 0.500. The quantitative estimate of drug-likeness (QED) is 0.835. The van der Waals surface area contributed by atoms with Gasteiger partial charge in [-0.2, -0.15) is 4.31 Å². The standard InChI is InChI=1S/C16H23N5O2S/c1-19(2)14-7-4-8-15(10-14)24(22,23)21-9-5-6-13(11-21)16-18-17-12-20(16)3/h4,7-8,10,12-13H,5-6,9,11H2,1-3H3. The number of sulfonamides is 1. The first-order valence-electron chi connectivity index (χ1n) is 8.01. The molecule has 0 spiro atoms. The molecular weight excluding hydrogens is 326 g/mol. The smallest absolute Gasteiger partial charge is 0.243 e. The second kappa shape index (κ2) is 6.52. The van der Waals surface area contributed by atoms with E-state index in [1.807, 2.05) is 36.7 Å². The molecule has 1 aliphatic heterocycles. The van der Waals surface area contributed by atoms with Gasteiger partial charge in [-0.3, -0.25) is 0 Å². The highest BCUT2D eigenvalue weighted by Crippen LogP contribution is 2.29. The van der Waals surface area contributed by atoms with Crippen molar-refractivity contribution in [1.82, 2.24) is 19.1 Å². The summed E-state index contributed by atoms with van der Waals surface area (Å²) in [6, 6.07) is 7.07. The molecule has 1 aromatic carbocycles. The van der Waals surface area contributed by atoms with Crippen molar-refractivity contribution in [2.75, 3.05) is 32.1 Å². The maximum Gasteiger partial charge on any atom is 0.243 e. The van der Waals surface area contributed by atoms with Crippen LogP contribution in [-0.4, -0.2) is 54.7 Å². The van der Waals surface area contributed by atoms with Gasteiger partial charge >= 0.3 is 0 Å². The Bertz CT molecular complexity index is 815. The third-order valence-corrected chi connectivity index (χ3v) is 6.33. The van der Waals surface area contributed by atoms with Gasteiger partial charge in [-0.05, 0) is 31.0 Å². The number of rotatable bonds is 4. The number of benzene rings is 1. The Morgan fingerprint density at radius 3 is 2.75 bits per heavy atom. The van der Waals surface area contributed by atoms with Crippen molar-refractivity contribution < 1.29 is 8.42 Å². The minimum atomic E-state index is -3.51. The first kappa shape index (κ1) is 16.9. The lowest BCUT2D eigenvalue weighted by Crippen LogP contribution is -2.39. The van der Waals surface area contributed by atoms with Crippen LogP contribution in [0.15, 0.2) is 35.5 Å². The Hall–Kier alpha value is -1.93. The average Bonchev–Trinajstić information content (AvgIpc) is 3.01. The highest BCUT2D eigenvalue weighted by atomic mass is 32.2. The summed E-state index contributed by atoms with van der Waals surface area (Å²) in [5, 5.41) is 8.06. The van der Waals surface area contributed by atoms with Crippen LogP contribution in [0.25, 0.3) is 0 Å². The highest BCUT2D eigenvalue weighted by molar-refractivity contribution is 7.89. The first-order valence-corrected chi connectivity index (χ1v) is 9.45. The molecule has 2 aromatic rings. The van der Waals surface area contributed by atoms with E-state index in [1.165, 1.54) is 0 Å². The second-order valence-corrected chi connectivity index (χ2v) is 8.33. The van der Waals surface area contributed by atoms with Gasteiger partial charge in [0.25, 0.3) is 0 Å². The summed E-state index contributed by atoms with van der Waals surface area (Å²) < 4.78 is 29.5. The molecule has 3 rings (SSSR count). The molecule has 130 valence electrons. The van der Waals surface area contributed by atoms with Gasteiger partial charge in [0.2, 0.25) is 10.0 Å². The van der Waals surface area contributed by atoms with E-state index >= 15 is 0 Å². The molecule has 1 saturated heterocycles. The molecule has 1 aliphatic rings. The van der Waals surface area contributed by atoms with Crippen LogP contribution in [0.1, 0.15) is 24.6 Å². The number of aryl methyl sites for hydroxylation is 1. The zero-order valence-electron chi connectivity index (χ0n) is 14.3. The molecule has 24 heavy (non-hydrogen) atoms. The predicted octanol–water partition coefficient (Wildman–Crippen LogP) is 1.45. The maximum atomic E-state index is 13.0. The molecule has 1 unspecified atom stereocenters. The van der Waals surface area contributed by atoms with Crippen LogP contribution < -0.4 is 4.90 Å². The van der Waals surface area contributed by atoms with Crippen molar-refractivity contribution >= 4 is 15.7 Å². The van der Waals surface area contributed by atoms with Gasteiger partial charge in [-0.15, -0.1) is 10.2 Å². The Morgan fingerprint density at radius 2 is 2.08 bits per heavy atom. The first-order chi connectivity index (χ1) is 11.4. The summed E-state index contributed by atoms with van der Waals surface area (Å²) in [4.78, 5) is 2.24. The summed E-state index contributed by atoms with van der Waals surface area (Å²) in [7, 11) is 2.19. The van der Waals surface area contributed by atoms with E-state index in [4.69, 9.17) is 0 Å². The third-order valence-electron chi connectivity index (χ3n) is 4.47. The number of piperidine rings is 1. The third kappa shape index (κ3) is 3.16. The predicted molar refractivity (Wildman–Crippen MR) is 92.5 cm³/mol. The van der Waals surface area contributed by atoms with E-state index in [0.29, 0.717) is 18.0 Å². The molecule has 1 fully saturated rings. The molecule has 7 nitrogen and oxygen atoms in total. The van der Waals surface area contributed by atoms with E-state index in [1.54, 1.807) is 28.8 Å². The lowest BCUT2D eigenvalue weighted by molar-refractivity contribution is 0.306. The molecule has 0 N–H and O–H groups in total. The average molecular weight is 349 g/mol. The number of hydrogen-bond donors (Lipinski definition) is 0. The van der Waals surface area contributed by atoms with Crippen LogP contribution in [-0.2, 0) is 17.1 Å². The van der Waals surface area contributed by atoms with Crippen molar-refractivity contribution in [2.45, 2.75) is 23.7 Å². The van der Waals surface area contributed by atoms with E-state index in [0.717, 1.165) is 24.4 Å². The van der Waals surface area contributed by atoms with Crippen LogP contribution in [0.5, 0.6) is 0 Å². The Labute approximate surface area is 143 Å². The Morgan fingerprint density at radius 1 is 1.29 bits per heavy atom. The summed E-state index contributed by atoms with van der Waals surface area (Å²) in [5.74, 6) is 0.926. The summed E-state index contributed by atoms with van der Waals surface area (Å²) in [5.41, 5.74) is 0.873. The number of hydrogen-bond acceptors (Lipinski definition) is 5. The van der Waals surface area contributed by atoms with E-state index in [2.05, 4.69) is 10.2 Å². The van der Waals surface area contributed by atoms with Gasteiger partial charge in [0.1, 0.15) is 12.2 Å². The largest absolute Gasteiger partial charge is 0.378 e. The molecule has 2 heterocycles. The summed E-state index contributed by atoms with van der Waals surface area (Å²) in [6.45, 7) is 0.990. The van der Waals surface area contributed by atoms with E-state index in [-0.39, 0.29) is 5.92 Å². The van der Waals surface area contributed by atoms with Crippen LogP contribution >= 0.6 is 0 Å². The van der Waals surface area contributed by atoms with Crippen molar-refractivity contribution in [3.8, 4) is 0 Å². The zero-order chi connectivity index (χ0) is 17.3. The fourth-order valence-electron chi connectivity index (χ4n) is 3.10. The molecule has 8 heteroatoms. The van der Waals surface area contributed by atoms with Gasteiger partial charge in [0.05, 0.1) is 4.90 Å². The maximum absolute atomic E-state index is 13.0. The van der Waals surface area contributed by atoms with Crippen LogP contribution in [0.3, 0.4) is 0 Å². The van der Waals surface area contributed by atoms with E-state index < -0.39 is 10.0 Å². The molecule has 0 bridgehead atoms. The van der Waals surface area contributed by atoms with Gasteiger partial charge in [0, 0.05) is 45.8 Å². The van der Waals surface area contributed by atoms with Crippen molar-refractivity contribution in [3.05, 3.63) is 36.4 Å². The number of aromatic nitrogens is 3. The minimum absolute atomic E-state index is 0.0815. The Balaban J connectivity index is 1.87. The van der Waals surface area contributed by atoms with Crippen molar-refractivity contribution in [1.29, 1.82) is 0 Å². The van der Waals surface area contributed by atoms with Gasteiger partial charge < -0.3 is 9.47 Å². The highest BCUT2D eigenvalue weighted by Gasteiger charge is 2.32. The number of anilines is 1. The van der Waals surface area contributed by atoms with Crippen LogP contribution in [0, 0.1) is 0 Å². The van der Waals surface area contributed by atoms with Crippen molar-refractivity contribution in [2.24, 2.45) is 7.05 Å². The molecule has 0 amide bonds. The SMILES string of the molecule is CN(C)c1cccc(S(=O)(=O)N2CCCC(c3nncn3C)C2)c1. The van der Waals surface area contributed by atoms with Crippen LogP contribution in [0.4, 0.5) is 5.69 Å². The zero-order valence-corrected chi connectivity index (χ0v) is 15.1. The monoisotopic (exact) mass is 349 g/mol. The van der Waals surface area contributed by atoms with Crippen molar-refractivity contribution in [3.63, 3.8) is 0 Å². The van der Waals surface area contributed by atoms with Gasteiger partial charge in [-0.1, -0.05) is 6.07 Å². The second-order valence-electron chi connectivity index (χ2n) is 6.39. The number of nitrogens with zero attached hydrogens (tertiary/aromatic N) is 5. The Kier molecular flexibility index (Phi) is 4.60. The molecule has 0 saturated carbocycles. The fourth-order valence-corrected chi connectivity index (χ4v) is 4.67. The topological polar surface area (TPSA) is 71.3 Å². The lowest BCUT2D eigenvalue weighted by Gasteiger charge is -2.31. The van der Waals surface area contributed by atoms with Gasteiger partial charge in [0.15, 0.2) is 0 Å². The molecule has 0 radical (unpaired) electrons. The molecule has 1 atom stereocenters. The summed E-state index contributed by atoms with van der Waals surface area (Å²) in [6.07, 6.45) is 3.41. The minimum Gasteiger partial charge on any atom is -0.378 e. The lowest BCUT2D eigenvalue weighted by atomic mass is 9.99. The van der Waals surface area contributed by atoms with E-state index in [9.17, 15) is 8.42 Å².